The Labute approximate surface area is 103 Å². The van der Waals surface area contributed by atoms with E-state index in [1.165, 1.54) is 0 Å². The Kier molecular flexibility index (Phi) is 2.23. The van der Waals surface area contributed by atoms with Crippen molar-refractivity contribution in [2.24, 2.45) is 0 Å². The number of hydrogen-bond acceptors (Lipinski definition) is 3. The number of nitrogens with zero attached hydrogens (tertiary/aromatic N) is 3. The average Bonchev–Trinajstić information content (AvgIpc) is 2.73. The Morgan fingerprint density at radius 2 is 1.82 bits per heavy atom. The maximum absolute atomic E-state index is 5.88. The summed E-state index contributed by atoms with van der Waals surface area (Å²) in [6, 6.07) is 11.1. The zero-order chi connectivity index (χ0) is 11.8. The van der Waals surface area contributed by atoms with Gasteiger partial charge in [-0.15, -0.1) is 0 Å². The van der Waals surface area contributed by atoms with Crippen molar-refractivity contribution >= 4 is 22.9 Å². The van der Waals surface area contributed by atoms with E-state index in [-0.39, 0.29) is 0 Å². The first-order valence-corrected chi connectivity index (χ1v) is 5.48. The zero-order valence-electron chi connectivity index (χ0n) is 8.84. The molecule has 3 rings (SSSR count). The van der Waals surface area contributed by atoms with Gasteiger partial charge < -0.3 is 5.73 Å². The van der Waals surface area contributed by atoms with Crippen LogP contribution in [0.15, 0.2) is 42.6 Å². The molecule has 1 aromatic carbocycles. The minimum Gasteiger partial charge on any atom is -0.399 e. The number of nitrogen functional groups attached to an aromatic ring is 1. The minimum absolute atomic E-state index is 0.437. The Balaban J connectivity index is 2.23. The molecular weight excluding hydrogens is 236 g/mol. The van der Waals surface area contributed by atoms with E-state index in [2.05, 4.69) is 10.1 Å². The van der Waals surface area contributed by atoms with Gasteiger partial charge in [0, 0.05) is 11.3 Å². The topological polar surface area (TPSA) is 56.2 Å². The second-order valence-corrected chi connectivity index (χ2v) is 4.08. The monoisotopic (exact) mass is 244 g/mol. The first-order chi connectivity index (χ1) is 8.24. The summed E-state index contributed by atoms with van der Waals surface area (Å²) in [4.78, 5) is 4.27. The van der Waals surface area contributed by atoms with Gasteiger partial charge in [-0.25, -0.2) is 9.50 Å². The van der Waals surface area contributed by atoms with Gasteiger partial charge in [-0.3, -0.25) is 0 Å². The fraction of sp³-hybridized carbons (Fsp3) is 0. The summed E-state index contributed by atoms with van der Waals surface area (Å²) in [6.45, 7) is 0. The van der Waals surface area contributed by atoms with E-state index in [0.29, 0.717) is 5.15 Å². The molecule has 4 nitrogen and oxygen atoms in total. The molecule has 0 bridgehead atoms. The molecule has 0 unspecified atom stereocenters. The Morgan fingerprint density at radius 1 is 1.06 bits per heavy atom. The van der Waals surface area contributed by atoms with E-state index in [4.69, 9.17) is 17.3 Å². The number of aromatic nitrogens is 3. The van der Waals surface area contributed by atoms with Crippen molar-refractivity contribution in [3.8, 4) is 11.3 Å². The summed E-state index contributed by atoms with van der Waals surface area (Å²) < 4.78 is 1.72. The van der Waals surface area contributed by atoms with Crippen molar-refractivity contribution in [2.45, 2.75) is 0 Å². The van der Waals surface area contributed by atoms with Crippen LogP contribution >= 0.6 is 11.6 Å². The van der Waals surface area contributed by atoms with Crippen molar-refractivity contribution in [2.75, 3.05) is 5.73 Å². The number of imidazole rings is 1. The SMILES string of the molecule is Nc1ccc(-c2cnc3ccc(Cl)nn23)cc1. The van der Waals surface area contributed by atoms with Gasteiger partial charge in [0.15, 0.2) is 5.65 Å². The van der Waals surface area contributed by atoms with Crippen molar-refractivity contribution < 1.29 is 0 Å². The number of anilines is 1. The Morgan fingerprint density at radius 3 is 2.59 bits per heavy atom. The normalized spacial score (nSPS) is 10.9. The molecule has 2 N–H and O–H groups in total. The van der Waals surface area contributed by atoms with Crippen LogP contribution in [0.4, 0.5) is 5.69 Å². The van der Waals surface area contributed by atoms with Crippen LogP contribution in [0, 0.1) is 0 Å². The third-order valence-electron chi connectivity index (χ3n) is 2.54. The van der Waals surface area contributed by atoms with Crippen LogP contribution in [-0.2, 0) is 0 Å². The van der Waals surface area contributed by atoms with Crippen LogP contribution < -0.4 is 5.73 Å². The minimum atomic E-state index is 0.437. The molecule has 0 fully saturated rings. The van der Waals surface area contributed by atoms with E-state index in [1.54, 1.807) is 16.8 Å². The standard InChI is InChI=1S/C12H9ClN4/c13-11-5-6-12-15-7-10(17(12)16-11)8-1-3-9(14)4-2-8/h1-7H,14H2. The van der Waals surface area contributed by atoms with E-state index in [9.17, 15) is 0 Å². The number of benzene rings is 1. The third kappa shape index (κ3) is 1.72. The predicted molar refractivity (Wildman–Crippen MR) is 67.8 cm³/mol. The van der Waals surface area contributed by atoms with Gasteiger partial charge in [0.25, 0.3) is 0 Å². The highest BCUT2D eigenvalue weighted by Gasteiger charge is 2.06. The third-order valence-corrected chi connectivity index (χ3v) is 2.74. The van der Waals surface area contributed by atoms with Crippen molar-refractivity contribution in [1.82, 2.24) is 14.6 Å². The predicted octanol–water partition coefficient (Wildman–Crippen LogP) is 2.63. The molecule has 3 aromatic rings. The highest BCUT2D eigenvalue weighted by atomic mass is 35.5. The van der Waals surface area contributed by atoms with Crippen molar-refractivity contribution in [3.05, 3.63) is 47.7 Å². The second kappa shape index (κ2) is 3.75. The summed E-state index contributed by atoms with van der Waals surface area (Å²) in [5, 5.41) is 4.66. The van der Waals surface area contributed by atoms with Crippen LogP contribution in [0.2, 0.25) is 5.15 Å². The number of halogens is 1. The summed E-state index contributed by atoms with van der Waals surface area (Å²) in [6.07, 6.45) is 1.77. The molecule has 17 heavy (non-hydrogen) atoms. The quantitative estimate of drug-likeness (QED) is 0.670. The molecule has 0 radical (unpaired) electrons. The highest BCUT2D eigenvalue weighted by Crippen LogP contribution is 2.21. The summed E-state index contributed by atoms with van der Waals surface area (Å²) in [5.74, 6) is 0. The second-order valence-electron chi connectivity index (χ2n) is 3.69. The number of nitrogens with two attached hydrogens (primary N) is 1. The molecule has 0 aliphatic rings. The lowest BCUT2D eigenvalue weighted by molar-refractivity contribution is 0.943. The van der Waals surface area contributed by atoms with E-state index < -0.39 is 0 Å². The molecule has 84 valence electrons. The molecule has 2 heterocycles. The van der Waals surface area contributed by atoms with Crippen molar-refractivity contribution in [3.63, 3.8) is 0 Å². The largest absolute Gasteiger partial charge is 0.399 e. The lowest BCUT2D eigenvalue weighted by Gasteiger charge is -2.01. The first kappa shape index (κ1) is 10.1. The summed E-state index contributed by atoms with van der Waals surface area (Å²) >= 11 is 5.88. The van der Waals surface area contributed by atoms with Crippen LogP contribution in [-0.4, -0.2) is 14.6 Å². The smallest absolute Gasteiger partial charge is 0.154 e. The molecule has 0 spiro atoms. The van der Waals surface area contributed by atoms with Gasteiger partial charge in [0.2, 0.25) is 0 Å². The lowest BCUT2D eigenvalue weighted by Crippen LogP contribution is -1.94. The molecule has 0 amide bonds. The van der Waals surface area contributed by atoms with Crippen LogP contribution in [0.3, 0.4) is 0 Å². The van der Waals surface area contributed by atoms with E-state index in [0.717, 1.165) is 22.6 Å². The average molecular weight is 245 g/mol. The fourth-order valence-corrected chi connectivity index (χ4v) is 1.84. The highest BCUT2D eigenvalue weighted by molar-refractivity contribution is 6.29. The fourth-order valence-electron chi connectivity index (χ4n) is 1.70. The molecule has 5 heteroatoms. The number of hydrogen-bond donors (Lipinski definition) is 1. The molecule has 2 aromatic heterocycles. The first-order valence-electron chi connectivity index (χ1n) is 5.10. The lowest BCUT2D eigenvalue weighted by atomic mass is 10.1. The molecular formula is C12H9ClN4. The van der Waals surface area contributed by atoms with Crippen molar-refractivity contribution in [1.29, 1.82) is 0 Å². The zero-order valence-corrected chi connectivity index (χ0v) is 9.59. The maximum atomic E-state index is 5.88. The molecule has 0 aliphatic carbocycles. The van der Waals surface area contributed by atoms with E-state index in [1.807, 2.05) is 30.3 Å². The molecule has 0 aliphatic heterocycles. The summed E-state index contributed by atoms with van der Waals surface area (Å²) in [5.41, 5.74) is 9.05. The Hall–Kier alpha value is -2.07. The van der Waals surface area contributed by atoms with Gasteiger partial charge in [-0.05, 0) is 24.3 Å². The summed E-state index contributed by atoms with van der Waals surface area (Å²) in [7, 11) is 0. The van der Waals surface area contributed by atoms with Gasteiger partial charge in [0.1, 0.15) is 5.15 Å². The van der Waals surface area contributed by atoms with Crippen LogP contribution in [0.5, 0.6) is 0 Å². The molecule has 0 atom stereocenters. The molecule has 0 saturated heterocycles. The van der Waals surface area contributed by atoms with Gasteiger partial charge in [-0.1, -0.05) is 23.7 Å². The number of rotatable bonds is 1. The maximum Gasteiger partial charge on any atom is 0.154 e. The Bertz CT molecular complexity index is 673. The van der Waals surface area contributed by atoms with Gasteiger partial charge in [-0.2, -0.15) is 5.10 Å². The van der Waals surface area contributed by atoms with Gasteiger partial charge in [0.05, 0.1) is 11.9 Å². The number of fused-ring (bicyclic) bond motifs is 1. The van der Waals surface area contributed by atoms with E-state index >= 15 is 0 Å². The van der Waals surface area contributed by atoms with Crippen LogP contribution in [0.1, 0.15) is 0 Å². The van der Waals surface area contributed by atoms with Gasteiger partial charge >= 0.3 is 0 Å². The molecule has 0 saturated carbocycles. The van der Waals surface area contributed by atoms with Crippen LogP contribution in [0.25, 0.3) is 16.9 Å².